The van der Waals surface area contributed by atoms with Crippen LogP contribution in [0.4, 0.5) is 0 Å². The molecule has 4 heteroatoms. The molecule has 0 unspecified atom stereocenters. The van der Waals surface area contributed by atoms with Crippen LogP contribution in [0.3, 0.4) is 0 Å². The van der Waals surface area contributed by atoms with Gasteiger partial charge in [-0.15, -0.1) is 12.3 Å². The highest BCUT2D eigenvalue weighted by molar-refractivity contribution is 6.32. The minimum atomic E-state index is -0.257. The molecular formula is C11H10ClNO2. The van der Waals surface area contributed by atoms with E-state index in [1.807, 2.05) is 0 Å². The maximum atomic E-state index is 11.5. The van der Waals surface area contributed by atoms with Gasteiger partial charge in [-0.2, -0.15) is 0 Å². The third-order valence-corrected chi connectivity index (χ3v) is 2.07. The first-order chi connectivity index (χ1) is 7.15. The summed E-state index contributed by atoms with van der Waals surface area (Å²) in [5, 5.41) is 11.9. The molecule has 0 spiro atoms. The molecule has 0 aliphatic carbocycles. The molecule has 1 aromatic carbocycles. The largest absolute Gasteiger partial charge is 0.506 e. The predicted octanol–water partition coefficient (Wildman–Crippen LogP) is 1.80. The van der Waals surface area contributed by atoms with Crippen LogP contribution in [-0.2, 0) is 0 Å². The molecule has 15 heavy (non-hydrogen) atoms. The topological polar surface area (TPSA) is 49.3 Å². The highest BCUT2D eigenvalue weighted by atomic mass is 35.5. The average molecular weight is 224 g/mol. The lowest BCUT2D eigenvalue weighted by Gasteiger charge is -2.04. The molecule has 78 valence electrons. The van der Waals surface area contributed by atoms with Crippen molar-refractivity contribution in [3.05, 3.63) is 28.8 Å². The molecule has 0 aliphatic rings. The lowest BCUT2D eigenvalue weighted by molar-refractivity contribution is 0.0954. The van der Waals surface area contributed by atoms with E-state index >= 15 is 0 Å². The fraction of sp³-hybridized carbons (Fsp3) is 0.182. The summed E-state index contributed by atoms with van der Waals surface area (Å²) in [6.07, 6.45) is 5.53. The van der Waals surface area contributed by atoms with E-state index in [1.54, 1.807) is 0 Å². The van der Waals surface area contributed by atoms with Crippen molar-refractivity contribution in [1.29, 1.82) is 0 Å². The van der Waals surface area contributed by atoms with Gasteiger partial charge in [0, 0.05) is 18.5 Å². The summed E-state index contributed by atoms with van der Waals surface area (Å²) in [6, 6.07) is 4.27. The summed E-state index contributed by atoms with van der Waals surface area (Å²) < 4.78 is 0. The fourth-order valence-electron chi connectivity index (χ4n) is 0.998. The first kappa shape index (κ1) is 11.4. The van der Waals surface area contributed by atoms with Gasteiger partial charge >= 0.3 is 0 Å². The monoisotopic (exact) mass is 223 g/mol. The number of benzene rings is 1. The molecule has 1 amide bonds. The number of amides is 1. The molecule has 0 saturated heterocycles. The zero-order chi connectivity index (χ0) is 11.3. The van der Waals surface area contributed by atoms with Gasteiger partial charge < -0.3 is 10.4 Å². The van der Waals surface area contributed by atoms with Crippen LogP contribution >= 0.6 is 11.6 Å². The van der Waals surface area contributed by atoms with Crippen LogP contribution in [0.25, 0.3) is 0 Å². The second kappa shape index (κ2) is 5.28. The number of carbonyl (C=O) groups is 1. The molecule has 3 nitrogen and oxygen atoms in total. The van der Waals surface area contributed by atoms with Gasteiger partial charge in [-0.05, 0) is 18.2 Å². The van der Waals surface area contributed by atoms with Gasteiger partial charge in [-0.25, -0.2) is 0 Å². The third kappa shape index (κ3) is 3.19. The summed E-state index contributed by atoms with van der Waals surface area (Å²) in [4.78, 5) is 11.5. The number of halogens is 1. The van der Waals surface area contributed by atoms with Crippen LogP contribution in [0, 0.1) is 12.3 Å². The van der Waals surface area contributed by atoms with Crippen LogP contribution in [0.2, 0.25) is 5.02 Å². The minimum absolute atomic E-state index is 0.0446. The number of rotatable bonds is 3. The number of hydrogen-bond donors (Lipinski definition) is 2. The Labute approximate surface area is 93.1 Å². The van der Waals surface area contributed by atoms with Crippen molar-refractivity contribution in [1.82, 2.24) is 5.32 Å². The number of hydrogen-bond acceptors (Lipinski definition) is 2. The molecule has 0 aliphatic heterocycles. The minimum Gasteiger partial charge on any atom is -0.506 e. The van der Waals surface area contributed by atoms with Crippen molar-refractivity contribution in [2.45, 2.75) is 6.42 Å². The third-order valence-electron chi connectivity index (χ3n) is 1.76. The molecule has 0 atom stereocenters. The smallest absolute Gasteiger partial charge is 0.251 e. The highest BCUT2D eigenvalue weighted by Gasteiger charge is 2.06. The van der Waals surface area contributed by atoms with Crippen molar-refractivity contribution >= 4 is 17.5 Å². The van der Waals surface area contributed by atoms with E-state index in [9.17, 15) is 4.79 Å². The lowest BCUT2D eigenvalue weighted by atomic mass is 10.2. The Morgan fingerprint density at radius 3 is 2.93 bits per heavy atom. The maximum Gasteiger partial charge on any atom is 0.251 e. The first-order valence-electron chi connectivity index (χ1n) is 4.35. The maximum absolute atomic E-state index is 11.5. The Hall–Kier alpha value is -1.66. The zero-order valence-corrected chi connectivity index (χ0v) is 8.71. The number of aromatic hydroxyl groups is 1. The highest BCUT2D eigenvalue weighted by Crippen LogP contribution is 2.23. The Kier molecular flexibility index (Phi) is 4.02. The van der Waals surface area contributed by atoms with Crippen molar-refractivity contribution < 1.29 is 9.90 Å². The van der Waals surface area contributed by atoms with Crippen LogP contribution < -0.4 is 5.32 Å². The molecule has 0 fully saturated rings. The summed E-state index contributed by atoms with van der Waals surface area (Å²) in [5.74, 6) is 2.11. The van der Waals surface area contributed by atoms with Crippen molar-refractivity contribution in [3.63, 3.8) is 0 Å². The van der Waals surface area contributed by atoms with E-state index in [1.165, 1.54) is 18.2 Å². The van der Waals surface area contributed by atoms with E-state index in [2.05, 4.69) is 11.2 Å². The summed E-state index contributed by atoms with van der Waals surface area (Å²) in [5.41, 5.74) is 0.398. The van der Waals surface area contributed by atoms with Crippen LogP contribution in [0.15, 0.2) is 18.2 Å². The van der Waals surface area contributed by atoms with Gasteiger partial charge in [0.2, 0.25) is 0 Å². The van der Waals surface area contributed by atoms with Crippen molar-refractivity contribution in [3.8, 4) is 18.1 Å². The zero-order valence-electron chi connectivity index (χ0n) is 7.96. The predicted molar refractivity (Wildman–Crippen MR) is 58.9 cm³/mol. The Morgan fingerprint density at radius 2 is 2.33 bits per heavy atom. The molecule has 0 radical (unpaired) electrons. The van der Waals surface area contributed by atoms with E-state index in [4.69, 9.17) is 23.1 Å². The number of phenols is 1. The molecule has 1 rings (SSSR count). The van der Waals surface area contributed by atoms with E-state index in [0.29, 0.717) is 18.5 Å². The Balaban J connectivity index is 2.67. The van der Waals surface area contributed by atoms with Crippen molar-refractivity contribution in [2.24, 2.45) is 0 Å². The number of nitrogens with one attached hydrogen (secondary N) is 1. The first-order valence-corrected chi connectivity index (χ1v) is 4.73. The number of phenolic OH excluding ortho intramolecular Hbond substituents is 1. The molecule has 1 aromatic rings. The second-order valence-corrected chi connectivity index (χ2v) is 3.28. The van der Waals surface area contributed by atoms with E-state index in [0.717, 1.165) is 0 Å². The standard InChI is InChI=1S/C11H10ClNO2/c1-2-3-6-13-11(15)8-4-5-10(14)9(12)7-8/h1,4-5,7,14H,3,6H2,(H,13,15). The Morgan fingerprint density at radius 1 is 1.60 bits per heavy atom. The summed E-state index contributed by atoms with van der Waals surface area (Å²) in [6.45, 7) is 0.424. The quantitative estimate of drug-likeness (QED) is 0.607. The number of carbonyl (C=O) groups excluding carboxylic acids is 1. The van der Waals surface area contributed by atoms with Crippen LogP contribution in [0.5, 0.6) is 5.75 Å². The number of terminal acetylenes is 1. The van der Waals surface area contributed by atoms with Gasteiger partial charge in [-0.3, -0.25) is 4.79 Å². The second-order valence-electron chi connectivity index (χ2n) is 2.88. The fourth-order valence-corrected chi connectivity index (χ4v) is 1.18. The molecule has 0 bridgehead atoms. The van der Waals surface area contributed by atoms with Gasteiger partial charge in [0.25, 0.3) is 5.91 Å². The SMILES string of the molecule is C#CCCNC(=O)c1ccc(O)c(Cl)c1. The average Bonchev–Trinajstić information content (AvgIpc) is 2.22. The molecule has 2 N–H and O–H groups in total. The van der Waals surface area contributed by atoms with E-state index < -0.39 is 0 Å². The van der Waals surface area contributed by atoms with Gasteiger partial charge in [0.1, 0.15) is 5.75 Å². The van der Waals surface area contributed by atoms with Crippen molar-refractivity contribution in [2.75, 3.05) is 6.54 Å². The molecule has 0 heterocycles. The van der Waals surface area contributed by atoms with Gasteiger partial charge in [-0.1, -0.05) is 11.6 Å². The molecule has 0 aromatic heterocycles. The van der Waals surface area contributed by atoms with Gasteiger partial charge in [0.05, 0.1) is 5.02 Å². The Bertz CT molecular complexity index is 410. The molecule has 0 saturated carbocycles. The van der Waals surface area contributed by atoms with Crippen LogP contribution in [-0.4, -0.2) is 17.6 Å². The summed E-state index contributed by atoms with van der Waals surface area (Å²) in [7, 11) is 0. The van der Waals surface area contributed by atoms with Gasteiger partial charge in [0.15, 0.2) is 0 Å². The van der Waals surface area contributed by atoms with E-state index in [-0.39, 0.29) is 16.7 Å². The lowest BCUT2D eigenvalue weighted by Crippen LogP contribution is -2.24. The van der Waals surface area contributed by atoms with Crippen LogP contribution in [0.1, 0.15) is 16.8 Å². The molecular weight excluding hydrogens is 214 g/mol. The normalized spacial score (nSPS) is 9.33. The summed E-state index contributed by atoms with van der Waals surface area (Å²) >= 11 is 5.66.